The standard InChI is InChI=1S/C23H19F2N3O2S/c24-20-11-12-22(21(25)13-20)31(29,30)26-14-19-16-28(15-17-7-3-1-4-8-17)27-23(19)18-9-5-2-6-10-18/h1-13,16,26H,14-15H2. The van der Waals surface area contributed by atoms with Gasteiger partial charge >= 0.3 is 0 Å². The van der Waals surface area contributed by atoms with Crippen LogP contribution in [0.2, 0.25) is 0 Å². The van der Waals surface area contributed by atoms with Gasteiger partial charge in [0, 0.05) is 29.9 Å². The van der Waals surface area contributed by atoms with Gasteiger partial charge < -0.3 is 0 Å². The van der Waals surface area contributed by atoms with Gasteiger partial charge in [-0.15, -0.1) is 0 Å². The van der Waals surface area contributed by atoms with Gasteiger partial charge in [0.25, 0.3) is 0 Å². The molecule has 4 aromatic rings. The maximum absolute atomic E-state index is 14.0. The van der Waals surface area contributed by atoms with Crippen molar-refractivity contribution < 1.29 is 17.2 Å². The Labute approximate surface area is 179 Å². The van der Waals surface area contributed by atoms with E-state index in [0.29, 0.717) is 23.9 Å². The van der Waals surface area contributed by atoms with Crippen molar-refractivity contribution in [3.63, 3.8) is 0 Å². The average Bonchev–Trinajstić information content (AvgIpc) is 3.16. The van der Waals surface area contributed by atoms with Crippen LogP contribution in [0, 0.1) is 11.6 Å². The van der Waals surface area contributed by atoms with Crippen molar-refractivity contribution in [1.82, 2.24) is 14.5 Å². The van der Waals surface area contributed by atoms with Gasteiger partial charge in [-0.25, -0.2) is 21.9 Å². The van der Waals surface area contributed by atoms with Crippen LogP contribution < -0.4 is 4.72 Å². The number of halogens is 2. The lowest BCUT2D eigenvalue weighted by atomic mass is 10.1. The molecule has 0 aliphatic rings. The summed E-state index contributed by atoms with van der Waals surface area (Å²) in [6, 6.07) is 21.5. The lowest BCUT2D eigenvalue weighted by Gasteiger charge is -2.08. The van der Waals surface area contributed by atoms with E-state index in [1.54, 1.807) is 10.9 Å². The third-order valence-corrected chi connectivity index (χ3v) is 6.14. The van der Waals surface area contributed by atoms with Gasteiger partial charge in [0.2, 0.25) is 10.0 Å². The Hall–Kier alpha value is -3.36. The Morgan fingerprint density at radius 3 is 2.26 bits per heavy atom. The Kier molecular flexibility index (Phi) is 5.92. The summed E-state index contributed by atoms with van der Waals surface area (Å²) in [5, 5.41) is 4.64. The minimum atomic E-state index is -4.18. The summed E-state index contributed by atoms with van der Waals surface area (Å²) in [4.78, 5) is -0.605. The molecule has 0 bridgehead atoms. The number of nitrogens with zero attached hydrogens (tertiary/aromatic N) is 2. The van der Waals surface area contributed by atoms with Gasteiger partial charge in [0.05, 0.1) is 12.2 Å². The van der Waals surface area contributed by atoms with Crippen molar-refractivity contribution in [2.24, 2.45) is 0 Å². The molecule has 0 saturated carbocycles. The molecule has 3 aromatic carbocycles. The van der Waals surface area contributed by atoms with E-state index in [-0.39, 0.29) is 6.54 Å². The monoisotopic (exact) mass is 439 g/mol. The molecule has 0 aliphatic heterocycles. The SMILES string of the molecule is O=S(=O)(NCc1cn(Cc2ccccc2)nc1-c1ccccc1)c1ccc(F)cc1F. The molecule has 31 heavy (non-hydrogen) atoms. The minimum Gasteiger partial charge on any atom is -0.267 e. The molecule has 0 unspecified atom stereocenters. The van der Waals surface area contributed by atoms with E-state index in [2.05, 4.69) is 9.82 Å². The maximum Gasteiger partial charge on any atom is 0.243 e. The van der Waals surface area contributed by atoms with E-state index in [4.69, 9.17) is 0 Å². The maximum atomic E-state index is 14.0. The van der Waals surface area contributed by atoms with Crippen molar-refractivity contribution in [1.29, 1.82) is 0 Å². The van der Waals surface area contributed by atoms with Crippen LogP contribution in [-0.2, 0) is 23.1 Å². The zero-order valence-corrected chi connectivity index (χ0v) is 17.2. The van der Waals surface area contributed by atoms with Crippen LogP contribution in [0.15, 0.2) is 90.0 Å². The summed E-state index contributed by atoms with van der Waals surface area (Å²) in [6.45, 7) is 0.415. The molecule has 0 amide bonds. The first-order valence-corrected chi connectivity index (χ1v) is 11.0. The number of hydrogen-bond acceptors (Lipinski definition) is 3. The van der Waals surface area contributed by atoms with E-state index in [1.807, 2.05) is 60.7 Å². The highest BCUT2D eigenvalue weighted by Crippen LogP contribution is 2.23. The molecule has 1 heterocycles. The Balaban J connectivity index is 1.63. The van der Waals surface area contributed by atoms with Crippen molar-refractivity contribution >= 4 is 10.0 Å². The van der Waals surface area contributed by atoms with E-state index >= 15 is 0 Å². The Morgan fingerprint density at radius 1 is 0.903 bits per heavy atom. The van der Waals surface area contributed by atoms with Crippen LogP contribution in [0.1, 0.15) is 11.1 Å². The highest BCUT2D eigenvalue weighted by molar-refractivity contribution is 7.89. The van der Waals surface area contributed by atoms with Crippen LogP contribution in [0.3, 0.4) is 0 Å². The fourth-order valence-electron chi connectivity index (χ4n) is 3.23. The number of aromatic nitrogens is 2. The topological polar surface area (TPSA) is 64.0 Å². The quantitative estimate of drug-likeness (QED) is 0.466. The summed E-state index contributed by atoms with van der Waals surface area (Å²) in [7, 11) is -4.18. The van der Waals surface area contributed by atoms with Crippen LogP contribution in [0.4, 0.5) is 8.78 Å². The van der Waals surface area contributed by atoms with E-state index in [0.717, 1.165) is 23.3 Å². The number of rotatable bonds is 7. The van der Waals surface area contributed by atoms with Gasteiger partial charge in [-0.1, -0.05) is 60.7 Å². The van der Waals surface area contributed by atoms with Crippen molar-refractivity contribution in [3.05, 3.63) is 108 Å². The van der Waals surface area contributed by atoms with Crippen molar-refractivity contribution in [2.45, 2.75) is 18.0 Å². The van der Waals surface area contributed by atoms with Crippen LogP contribution in [0.5, 0.6) is 0 Å². The zero-order valence-electron chi connectivity index (χ0n) is 16.4. The van der Waals surface area contributed by atoms with Gasteiger partial charge in [0.15, 0.2) is 0 Å². The molecule has 5 nitrogen and oxygen atoms in total. The first-order valence-electron chi connectivity index (χ1n) is 9.53. The van der Waals surface area contributed by atoms with E-state index < -0.39 is 26.6 Å². The van der Waals surface area contributed by atoms with Crippen molar-refractivity contribution in [2.75, 3.05) is 0 Å². The lowest BCUT2D eigenvalue weighted by Crippen LogP contribution is -2.24. The average molecular weight is 439 g/mol. The minimum absolute atomic E-state index is 0.0990. The molecule has 0 saturated heterocycles. The first kappa shape index (κ1) is 20.9. The van der Waals surface area contributed by atoms with E-state index in [9.17, 15) is 17.2 Å². The summed E-state index contributed by atoms with van der Waals surface area (Å²) in [5.41, 5.74) is 3.13. The second kappa shape index (κ2) is 8.79. The molecule has 158 valence electrons. The van der Waals surface area contributed by atoms with Crippen LogP contribution in [-0.4, -0.2) is 18.2 Å². The largest absolute Gasteiger partial charge is 0.267 e. The molecule has 0 atom stereocenters. The summed E-state index contributed by atoms with van der Waals surface area (Å²) < 4.78 is 56.4. The number of nitrogens with one attached hydrogen (secondary N) is 1. The Bertz CT molecular complexity index is 1290. The smallest absolute Gasteiger partial charge is 0.243 e. The number of benzene rings is 3. The zero-order chi connectivity index (χ0) is 21.8. The molecule has 0 aliphatic carbocycles. The molecule has 0 fully saturated rings. The molecular formula is C23H19F2N3O2S. The number of sulfonamides is 1. The number of hydrogen-bond donors (Lipinski definition) is 1. The molecule has 0 radical (unpaired) electrons. The highest BCUT2D eigenvalue weighted by Gasteiger charge is 2.21. The lowest BCUT2D eigenvalue weighted by molar-refractivity contribution is 0.543. The summed E-state index contributed by atoms with van der Waals surface area (Å²) in [6.07, 6.45) is 1.76. The van der Waals surface area contributed by atoms with Gasteiger partial charge in [-0.3, -0.25) is 4.68 Å². The first-order chi connectivity index (χ1) is 14.9. The highest BCUT2D eigenvalue weighted by atomic mass is 32.2. The summed E-state index contributed by atoms with van der Waals surface area (Å²) in [5.74, 6) is -1.99. The van der Waals surface area contributed by atoms with Gasteiger partial charge in [-0.2, -0.15) is 5.10 Å². The molecule has 0 spiro atoms. The Morgan fingerprint density at radius 2 is 1.58 bits per heavy atom. The van der Waals surface area contributed by atoms with Gasteiger partial charge in [0.1, 0.15) is 16.5 Å². The van der Waals surface area contributed by atoms with Crippen LogP contribution >= 0.6 is 0 Å². The molecule has 8 heteroatoms. The molecule has 4 rings (SSSR count). The second-order valence-corrected chi connectivity index (χ2v) is 8.69. The normalized spacial score (nSPS) is 11.5. The van der Waals surface area contributed by atoms with Crippen molar-refractivity contribution in [3.8, 4) is 11.3 Å². The van der Waals surface area contributed by atoms with Gasteiger partial charge in [-0.05, 0) is 17.7 Å². The fraction of sp³-hybridized carbons (Fsp3) is 0.0870. The summed E-state index contributed by atoms with van der Waals surface area (Å²) >= 11 is 0. The predicted octanol–water partition coefficient (Wildman–Crippen LogP) is 4.36. The molecule has 1 aromatic heterocycles. The third-order valence-electron chi connectivity index (χ3n) is 4.71. The second-order valence-electron chi connectivity index (χ2n) is 6.95. The van der Waals surface area contributed by atoms with E-state index in [1.165, 1.54) is 0 Å². The molecular weight excluding hydrogens is 420 g/mol. The third kappa shape index (κ3) is 4.87. The fourth-order valence-corrected chi connectivity index (χ4v) is 4.29. The molecule has 1 N–H and O–H groups in total. The van der Waals surface area contributed by atoms with Crippen LogP contribution in [0.25, 0.3) is 11.3 Å². The predicted molar refractivity (Wildman–Crippen MR) is 114 cm³/mol.